The van der Waals surface area contributed by atoms with Crippen molar-refractivity contribution in [2.45, 2.75) is 24.3 Å². The molecule has 1 rings (SSSR count). The number of nitrogens with one attached hydrogen (secondary N) is 1. The SMILES string of the molecule is COCCC(C)NC(=O)c1cc(S(=O)(=O)Cl)ccc1OC. The van der Waals surface area contributed by atoms with Gasteiger partial charge in [0.05, 0.1) is 17.6 Å². The molecule has 1 amide bonds. The molecule has 1 aromatic rings. The molecule has 8 heteroatoms. The number of amides is 1. The molecule has 0 aromatic heterocycles. The predicted octanol–water partition coefficient (Wildman–Crippen LogP) is 1.78. The number of benzene rings is 1. The Morgan fingerprint density at radius 2 is 2.05 bits per heavy atom. The molecule has 0 radical (unpaired) electrons. The molecule has 6 nitrogen and oxygen atoms in total. The van der Waals surface area contributed by atoms with E-state index in [2.05, 4.69) is 5.32 Å². The van der Waals surface area contributed by atoms with Gasteiger partial charge in [-0.3, -0.25) is 4.79 Å². The number of carbonyl (C=O) groups is 1. The average molecular weight is 336 g/mol. The van der Waals surface area contributed by atoms with Gasteiger partial charge in [-0.05, 0) is 31.5 Å². The van der Waals surface area contributed by atoms with E-state index in [0.717, 1.165) is 0 Å². The Bertz CT molecular complexity index is 603. The number of hydrogen-bond donors (Lipinski definition) is 1. The van der Waals surface area contributed by atoms with Gasteiger partial charge < -0.3 is 14.8 Å². The maximum Gasteiger partial charge on any atom is 0.261 e. The lowest BCUT2D eigenvalue weighted by atomic mass is 10.1. The molecule has 0 aliphatic carbocycles. The Hall–Kier alpha value is -1.31. The molecule has 0 aliphatic rings. The number of ether oxygens (including phenoxy) is 2. The summed E-state index contributed by atoms with van der Waals surface area (Å²) in [5.41, 5.74) is 0.114. The van der Waals surface area contributed by atoms with Crippen molar-refractivity contribution in [2.24, 2.45) is 0 Å². The lowest BCUT2D eigenvalue weighted by molar-refractivity contribution is 0.0926. The van der Waals surface area contributed by atoms with Crippen LogP contribution in [0.2, 0.25) is 0 Å². The molecule has 0 heterocycles. The van der Waals surface area contributed by atoms with E-state index in [-0.39, 0.29) is 22.3 Å². The van der Waals surface area contributed by atoms with E-state index in [1.165, 1.54) is 25.3 Å². The maximum atomic E-state index is 12.2. The Morgan fingerprint density at radius 3 is 2.57 bits per heavy atom. The molecule has 0 saturated heterocycles. The molecule has 0 saturated carbocycles. The topological polar surface area (TPSA) is 81.7 Å². The van der Waals surface area contributed by atoms with E-state index >= 15 is 0 Å². The van der Waals surface area contributed by atoms with E-state index in [9.17, 15) is 13.2 Å². The smallest absolute Gasteiger partial charge is 0.261 e. The molecular weight excluding hydrogens is 318 g/mol. The summed E-state index contributed by atoms with van der Waals surface area (Å²) in [5, 5.41) is 2.75. The zero-order valence-electron chi connectivity index (χ0n) is 12.1. The molecule has 0 bridgehead atoms. The van der Waals surface area contributed by atoms with Crippen molar-refractivity contribution in [2.75, 3.05) is 20.8 Å². The normalized spacial score (nSPS) is 12.8. The zero-order valence-corrected chi connectivity index (χ0v) is 13.6. The van der Waals surface area contributed by atoms with Crippen molar-refractivity contribution < 1.29 is 22.7 Å². The van der Waals surface area contributed by atoms with Crippen LogP contribution in [-0.4, -0.2) is 41.2 Å². The zero-order chi connectivity index (χ0) is 16.0. The maximum absolute atomic E-state index is 12.2. The minimum absolute atomic E-state index is 0.114. The summed E-state index contributed by atoms with van der Waals surface area (Å²) >= 11 is 0. The summed E-state index contributed by atoms with van der Waals surface area (Å²) in [7, 11) is 4.35. The Labute approximate surface area is 128 Å². The van der Waals surface area contributed by atoms with Crippen molar-refractivity contribution in [3.8, 4) is 5.75 Å². The van der Waals surface area contributed by atoms with Crippen LogP contribution in [0, 0.1) is 0 Å². The van der Waals surface area contributed by atoms with E-state index in [0.29, 0.717) is 13.0 Å². The van der Waals surface area contributed by atoms with E-state index in [1.807, 2.05) is 6.92 Å². The quantitative estimate of drug-likeness (QED) is 0.768. The molecule has 1 aromatic carbocycles. The second-order valence-corrected chi connectivity index (χ2v) is 7.02. The Kier molecular flexibility index (Phi) is 6.44. The summed E-state index contributed by atoms with van der Waals surface area (Å²) in [6.07, 6.45) is 0.637. The average Bonchev–Trinajstić information content (AvgIpc) is 2.43. The van der Waals surface area contributed by atoms with Gasteiger partial charge >= 0.3 is 0 Å². The second kappa shape index (κ2) is 7.63. The van der Waals surface area contributed by atoms with Crippen LogP contribution in [0.1, 0.15) is 23.7 Å². The number of methoxy groups -OCH3 is 2. The Balaban J connectivity index is 3.01. The summed E-state index contributed by atoms with van der Waals surface area (Å²) < 4.78 is 32.7. The number of rotatable bonds is 7. The van der Waals surface area contributed by atoms with Gasteiger partial charge in [-0.25, -0.2) is 8.42 Å². The summed E-state index contributed by atoms with van der Waals surface area (Å²) in [6, 6.07) is 3.74. The first kappa shape index (κ1) is 17.7. The minimum Gasteiger partial charge on any atom is -0.496 e. The highest BCUT2D eigenvalue weighted by Gasteiger charge is 2.19. The third kappa shape index (κ3) is 5.18. The minimum atomic E-state index is -3.91. The molecule has 21 heavy (non-hydrogen) atoms. The van der Waals surface area contributed by atoms with Crippen molar-refractivity contribution in [3.63, 3.8) is 0 Å². The van der Waals surface area contributed by atoms with Crippen LogP contribution in [0.15, 0.2) is 23.1 Å². The van der Waals surface area contributed by atoms with Gasteiger partial charge in [0.2, 0.25) is 0 Å². The van der Waals surface area contributed by atoms with Crippen molar-refractivity contribution >= 4 is 25.6 Å². The van der Waals surface area contributed by atoms with E-state index < -0.39 is 15.0 Å². The van der Waals surface area contributed by atoms with Gasteiger partial charge in [0.25, 0.3) is 15.0 Å². The molecule has 1 atom stereocenters. The van der Waals surface area contributed by atoms with E-state index in [1.54, 1.807) is 7.11 Å². The van der Waals surface area contributed by atoms with Gasteiger partial charge in [-0.1, -0.05) is 0 Å². The first-order chi connectivity index (χ1) is 9.79. The molecule has 0 spiro atoms. The largest absolute Gasteiger partial charge is 0.496 e. The first-order valence-corrected chi connectivity index (χ1v) is 8.53. The standard InChI is InChI=1S/C13H18ClNO5S/c1-9(6-7-19-2)15-13(16)11-8-10(21(14,17)18)4-5-12(11)20-3/h4-5,8-9H,6-7H2,1-3H3,(H,15,16). The number of carbonyl (C=O) groups excluding carboxylic acids is 1. The molecule has 118 valence electrons. The van der Waals surface area contributed by atoms with Crippen molar-refractivity contribution in [1.29, 1.82) is 0 Å². The molecule has 0 fully saturated rings. The van der Waals surface area contributed by atoms with E-state index in [4.69, 9.17) is 20.2 Å². The fraction of sp³-hybridized carbons (Fsp3) is 0.462. The van der Waals surface area contributed by atoms with Gasteiger partial charge in [0.15, 0.2) is 0 Å². The summed E-state index contributed by atoms with van der Waals surface area (Å²) in [6.45, 7) is 2.33. The van der Waals surface area contributed by atoms with Crippen LogP contribution >= 0.6 is 10.7 Å². The lowest BCUT2D eigenvalue weighted by Gasteiger charge is -2.15. The van der Waals surface area contributed by atoms with Gasteiger partial charge in [-0.15, -0.1) is 0 Å². The lowest BCUT2D eigenvalue weighted by Crippen LogP contribution is -2.33. The highest BCUT2D eigenvalue weighted by molar-refractivity contribution is 8.13. The molecule has 0 aliphatic heterocycles. The highest BCUT2D eigenvalue weighted by Crippen LogP contribution is 2.24. The van der Waals surface area contributed by atoms with Crippen LogP contribution in [-0.2, 0) is 13.8 Å². The third-order valence-corrected chi connectivity index (χ3v) is 4.18. The van der Waals surface area contributed by atoms with Gasteiger partial charge in [0, 0.05) is 30.4 Å². The highest BCUT2D eigenvalue weighted by atomic mass is 35.7. The Morgan fingerprint density at radius 1 is 1.38 bits per heavy atom. The predicted molar refractivity (Wildman–Crippen MR) is 79.5 cm³/mol. The molecule has 1 N–H and O–H groups in total. The van der Waals surface area contributed by atoms with Gasteiger partial charge in [-0.2, -0.15) is 0 Å². The monoisotopic (exact) mass is 335 g/mol. The van der Waals surface area contributed by atoms with Crippen LogP contribution in [0.4, 0.5) is 0 Å². The third-order valence-electron chi connectivity index (χ3n) is 2.83. The molecular formula is C13H18ClNO5S. The fourth-order valence-corrected chi connectivity index (χ4v) is 2.46. The van der Waals surface area contributed by atoms with Crippen LogP contribution in [0.5, 0.6) is 5.75 Å². The first-order valence-electron chi connectivity index (χ1n) is 6.22. The van der Waals surface area contributed by atoms with Crippen molar-refractivity contribution in [1.82, 2.24) is 5.32 Å². The number of hydrogen-bond acceptors (Lipinski definition) is 5. The summed E-state index contributed by atoms with van der Waals surface area (Å²) in [5.74, 6) is -0.159. The second-order valence-electron chi connectivity index (χ2n) is 4.46. The van der Waals surface area contributed by atoms with Crippen LogP contribution < -0.4 is 10.1 Å². The van der Waals surface area contributed by atoms with Gasteiger partial charge in [0.1, 0.15) is 5.75 Å². The van der Waals surface area contributed by atoms with Crippen molar-refractivity contribution in [3.05, 3.63) is 23.8 Å². The summed E-state index contributed by atoms with van der Waals surface area (Å²) in [4.78, 5) is 12.1. The fourth-order valence-electron chi connectivity index (χ4n) is 1.68. The van der Waals surface area contributed by atoms with Crippen LogP contribution in [0.25, 0.3) is 0 Å². The number of halogens is 1. The molecule has 1 unspecified atom stereocenters. The van der Waals surface area contributed by atoms with Crippen LogP contribution in [0.3, 0.4) is 0 Å².